The first kappa shape index (κ1) is 26.8. The Balaban J connectivity index is 1.06. The van der Waals surface area contributed by atoms with Gasteiger partial charge in [-0.2, -0.15) is 0 Å². The van der Waals surface area contributed by atoms with Crippen LogP contribution in [0.15, 0.2) is 146 Å². The summed E-state index contributed by atoms with van der Waals surface area (Å²) in [6, 6.07) is 54.4. The third-order valence-corrected chi connectivity index (χ3v) is 11.7. The standard InChI is InChI=1S/C48H28N4/c1-9-33-34-11-3-27-19-43(34)49-41(33)17-25(1)26-2-10-35-36-12-4-29(20-44(36)50-42(35)18-26)30-6-14-39-40-16-8-32(24-48(40)52-46(39)22-30)31-7-15-38-37-13-5-28(27)21-45(37)51-47(38)23-31/h1-24,49-52H. The SMILES string of the molecule is c1cc2c3cc1-c1ccc4c(c1)[nH]c1cc(ccc14)-c1ccc4c(c1)[nH]c1cc(ccc14)-c1ccc4c(c1)[nH]c1cc(ccc14)-c1ccc2c(c1)[nH]3. The van der Waals surface area contributed by atoms with Gasteiger partial charge < -0.3 is 19.9 Å². The van der Waals surface area contributed by atoms with E-state index in [1.54, 1.807) is 0 Å². The van der Waals surface area contributed by atoms with Gasteiger partial charge in [-0.25, -0.2) is 0 Å². The van der Waals surface area contributed by atoms with Crippen molar-refractivity contribution >= 4 is 87.2 Å². The number of aromatic nitrogens is 4. The molecule has 4 aromatic heterocycles. The Labute approximate surface area is 296 Å². The molecule has 8 aromatic carbocycles. The fourth-order valence-electron chi connectivity index (χ4n) is 9.08. The molecule has 0 spiro atoms. The molecule has 52 heavy (non-hydrogen) atoms. The number of hydrogen-bond acceptors (Lipinski definition) is 0. The molecule has 0 unspecified atom stereocenters. The van der Waals surface area contributed by atoms with E-state index in [0.29, 0.717) is 0 Å². The van der Waals surface area contributed by atoms with E-state index in [4.69, 9.17) is 0 Å². The summed E-state index contributed by atoms with van der Waals surface area (Å²) >= 11 is 0. The van der Waals surface area contributed by atoms with Crippen LogP contribution in [0.2, 0.25) is 0 Å². The summed E-state index contributed by atoms with van der Waals surface area (Å²) < 4.78 is 0. The van der Waals surface area contributed by atoms with Gasteiger partial charge in [0.1, 0.15) is 0 Å². The highest BCUT2D eigenvalue weighted by molar-refractivity contribution is 6.14. The van der Waals surface area contributed by atoms with Gasteiger partial charge in [0.25, 0.3) is 0 Å². The van der Waals surface area contributed by atoms with Gasteiger partial charge in [0.15, 0.2) is 0 Å². The second-order valence-electron chi connectivity index (χ2n) is 14.6. The molecular weight excluding hydrogens is 633 g/mol. The molecule has 0 atom stereocenters. The molecule has 4 N–H and O–H groups in total. The third-order valence-electron chi connectivity index (χ3n) is 11.7. The molecular formula is C48H28N4. The first-order valence-electron chi connectivity index (χ1n) is 17.9. The number of H-pyrrole nitrogens is 4. The summed E-state index contributed by atoms with van der Waals surface area (Å²) in [5.74, 6) is 0. The molecule has 13 rings (SSSR count). The van der Waals surface area contributed by atoms with Gasteiger partial charge >= 0.3 is 0 Å². The van der Waals surface area contributed by atoms with Gasteiger partial charge in [0.05, 0.1) is 0 Å². The van der Waals surface area contributed by atoms with Crippen molar-refractivity contribution in [2.24, 2.45) is 0 Å². The lowest BCUT2D eigenvalue weighted by molar-refractivity contribution is 1.52. The van der Waals surface area contributed by atoms with Crippen LogP contribution in [0.3, 0.4) is 0 Å². The Morgan fingerprint density at radius 2 is 0.308 bits per heavy atom. The summed E-state index contributed by atoms with van der Waals surface area (Å²) in [6.45, 7) is 0. The van der Waals surface area contributed by atoms with Crippen molar-refractivity contribution in [1.29, 1.82) is 0 Å². The van der Waals surface area contributed by atoms with Crippen molar-refractivity contribution in [3.8, 4) is 44.5 Å². The van der Waals surface area contributed by atoms with E-state index < -0.39 is 0 Å². The highest BCUT2D eigenvalue weighted by Gasteiger charge is 2.14. The van der Waals surface area contributed by atoms with Crippen LogP contribution in [0.25, 0.3) is 132 Å². The summed E-state index contributed by atoms with van der Waals surface area (Å²) in [5.41, 5.74) is 18.7. The van der Waals surface area contributed by atoms with Crippen molar-refractivity contribution < 1.29 is 0 Å². The molecule has 0 fully saturated rings. The van der Waals surface area contributed by atoms with Gasteiger partial charge in [-0.05, 0) is 93.0 Å². The highest BCUT2D eigenvalue weighted by atomic mass is 14.7. The van der Waals surface area contributed by atoms with Crippen LogP contribution >= 0.6 is 0 Å². The van der Waals surface area contributed by atoms with Crippen molar-refractivity contribution in [3.05, 3.63) is 146 Å². The van der Waals surface area contributed by atoms with E-state index in [9.17, 15) is 0 Å². The Hall–Kier alpha value is -7.04. The molecule has 16 bridgehead atoms. The van der Waals surface area contributed by atoms with Crippen molar-refractivity contribution in [3.63, 3.8) is 0 Å². The van der Waals surface area contributed by atoms with E-state index in [1.165, 1.54) is 87.6 Å². The molecule has 0 amide bonds. The minimum absolute atomic E-state index is 1.14. The number of fused-ring (bicyclic) bond motifs is 16. The first-order chi connectivity index (χ1) is 25.7. The maximum atomic E-state index is 3.75. The first-order valence-corrected chi connectivity index (χ1v) is 17.9. The van der Waals surface area contributed by atoms with E-state index in [1.807, 2.05) is 0 Å². The average Bonchev–Trinajstić information content (AvgIpc) is 3.94. The van der Waals surface area contributed by atoms with Gasteiger partial charge in [0, 0.05) is 87.2 Å². The Kier molecular flexibility index (Phi) is 4.83. The van der Waals surface area contributed by atoms with Crippen LogP contribution in [-0.2, 0) is 0 Å². The Morgan fingerprint density at radius 3 is 0.442 bits per heavy atom. The Morgan fingerprint density at radius 1 is 0.173 bits per heavy atom. The fourth-order valence-corrected chi connectivity index (χ4v) is 9.08. The highest BCUT2D eigenvalue weighted by Crippen LogP contribution is 2.39. The molecule has 5 heterocycles. The zero-order chi connectivity index (χ0) is 33.7. The topological polar surface area (TPSA) is 63.2 Å². The molecule has 0 radical (unpaired) electrons. The zero-order valence-electron chi connectivity index (χ0n) is 27.9. The molecule has 4 heteroatoms. The van der Waals surface area contributed by atoms with Crippen molar-refractivity contribution in [1.82, 2.24) is 19.9 Å². The predicted molar refractivity (Wildman–Crippen MR) is 219 cm³/mol. The van der Waals surface area contributed by atoms with Crippen LogP contribution in [0.5, 0.6) is 0 Å². The number of hydrogen-bond donors (Lipinski definition) is 4. The smallest absolute Gasteiger partial charge is 0.0471 e. The molecule has 1 aliphatic heterocycles. The predicted octanol–water partition coefficient (Wildman–Crippen LogP) is 13.2. The lowest BCUT2D eigenvalue weighted by Crippen LogP contribution is -1.79. The molecule has 0 aliphatic carbocycles. The molecule has 12 aromatic rings. The van der Waals surface area contributed by atoms with Crippen LogP contribution in [0.4, 0.5) is 0 Å². The summed E-state index contributed by atoms with van der Waals surface area (Å²) in [7, 11) is 0. The van der Waals surface area contributed by atoms with Gasteiger partial charge in [-0.15, -0.1) is 0 Å². The number of aromatic amines is 4. The summed E-state index contributed by atoms with van der Waals surface area (Å²) in [5, 5.41) is 9.91. The monoisotopic (exact) mass is 660 g/mol. The van der Waals surface area contributed by atoms with Crippen molar-refractivity contribution in [2.75, 3.05) is 0 Å². The maximum Gasteiger partial charge on any atom is 0.0471 e. The normalized spacial score (nSPS) is 12.6. The van der Waals surface area contributed by atoms with E-state index in [2.05, 4.69) is 166 Å². The van der Waals surface area contributed by atoms with Gasteiger partial charge in [-0.1, -0.05) is 97.1 Å². The quantitative estimate of drug-likeness (QED) is 0.125. The van der Waals surface area contributed by atoms with Crippen molar-refractivity contribution in [2.45, 2.75) is 0 Å². The number of nitrogens with one attached hydrogen (secondary N) is 4. The lowest BCUT2D eigenvalue weighted by atomic mass is 9.99. The van der Waals surface area contributed by atoms with Gasteiger partial charge in [0.2, 0.25) is 0 Å². The molecule has 1 aliphatic rings. The average molecular weight is 661 g/mol. The van der Waals surface area contributed by atoms with Crippen LogP contribution in [0, 0.1) is 0 Å². The number of benzene rings is 8. The summed E-state index contributed by atoms with van der Waals surface area (Å²) in [4.78, 5) is 15.0. The van der Waals surface area contributed by atoms with E-state index >= 15 is 0 Å². The minimum atomic E-state index is 1.14. The Bertz CT molecular complexity index is 2830. The third kappa shape index (κ3) is 3.60. The molecule has 0 saturated heterocycles. The molecule has 0 saturated carbocycles. The maximum absolute atomic E-state index is 3.75. The second kappa shape index (κ2) is 9.39. The lowest BCUT2D eigenvalue weighted by Gasteiger charge is -2.04. The molecule has 4 nitrogen and oxygen atoms in total. The second-order valence-corrected chi connectivity index (χ2v) is 14.6. The molecule has 240 valence electrons. The largest absolute Gasteiger partial charge is 0.354 e. The van der Waals surface area contributed by atoms with E-state index in [0.717, 1.165) is 44.1 Å². The summed E-state index contributed by atoms with van der Waals surface area (Å²) in [6.07, 6.45) is 0. The fraction of sp³-hybridized carbons (Fsp3) is 0. The zero-order valence-corrected chi connectivity index (χ0v) is 27.9. The minimum Gasteiger partial charge on any atom is -0.354 e. The van der Waals surface area contributed by atoms with Crippen LogP contribution in [0.1, 0.15) is 0 Å². The number of rotatable bonds is 0. The van der Waals surface area contributed by atoms with E-state index in [-0.39, 0.29) is 0 Å². The van der Waals surface area contributed by atoms with Crippen LogP contribution < -0.4 is 0 Å². The van der Waals surface area contributed by atoms with Gasteiger partial charge in [-0.3, -0.25) is 0 Å². The van der Waals surface area contributed by atoms with Crippen LogP contribution in [-0.4, -0.2) is 19.9 Å².